The molecule has 1 saturated carbocycles. The Morgan fingerprint density at radius 2 is 1.90 bits per heavy atom. The average Bonchev–Trinajstić information content (AvgIpc) is 2.43. The third-order valence-electron chi connectivity index (χ3n) is 3.97. The van der Waals surface area contributed by atoms with Crippen LogP contribution in [0.15, 0.2) is 46.5 Å². The van der Waals surface area contributed by atoms with Crippen molar-refractivity contribution in [1.29, 1.82) is 0 Å². The summed E-state index contributed by atoms with van der Waals surface area (Å²) in [7, 11) is 0. The molecule has 6 heteroatoms. The number of aliphatic hydroxyl groups is 2. The van der Waals surface area contributed by atoms with E-state index in [1.165, 1.54) is 6.08 Å². The molecule has 0 aromatic rings. The van der Waals surface area contributed by atoms with Crippen LogP contribution in [0.2, 0.25) is 0 Å². The molecule has 0 spiro atoms. The number of carbonyl (C=O) groups is 3. The first-order valence-corrected chi connectivity index (χ1v) is 6.48. The van der Waals surface area contributed by atoms with Crippen molar-refractivity contribution < 1.29 is 29.7 Å². The minimum Gasteiger partial charge on any atom is -0.512 e. The Balaban J connectivity index is 2.15. The third-order valence-corrected chi connectivity index (χ3v) is 3.97. The predicted octanol–water partition coefficient (Wildman–Crippen LogP) is 1.37. The molecule has 108 valence electrons. The van der Waals surface area contributed by atoms with Crippen LogP contribution in [0.4, 0.5) is 0 Å². The standard InChI is InChI=1S/C15H12O6/c16-9-3-1-2-7-11(9)14(19)12-8(13(7)18)4-6(15(20)21)5-10(12)17/h2,4-5,8,12,16-17H,1,3H2,(H,20,21). The second-order valence-electron chi connectivity index (χ2n) is 5.21. The highest BCUT2D eigenvalue weighted by Gasteiger charge is 2.48. The number of carboxylic acids is 1. The molecule has 0 aromatic heterocycles. The Hall–Kier alpha value is -2.63. The Bertz CT molecular complexity index is 704. The van der Waals surface area contributed by atoms with Gasteiger partial charge in [0.1, 0.15) is 11.5 Å². The third kappa shape index (κ3) is 1.83. The van der Waals surface area contributed by atoms with Crippen LogP contribution in [0.5, 0.6) is 0 Å². The number of hydrogen-bond donors (Lipinski definition) is 3. The van der Waals surface area contributed by atoms with Crippen LogP contribution in [0, 0.1) is 11.8 Å². The summed E-state index contributed by atoms with van der Waals surface area (Å²) >= 11 is 0. The van der Waals surface area contributed by atoms with E-state index in [4.69, 9.17) is 5.11 Å². The number of fused-ring (bicyclic) bond motifs is 2. The molecule has 0 aliphatic heterocycles. The van der Waals surface area contributed by atoms with Gasteiger partial charge >= 0.3 is 5.97 Å². The number of carboxylic acid groups (broad SMARTS) is 1. The Morgan fingerprint density at radius 3 is 2.57 bits per heavy atom. The van der Waals surface area contributed by atoms with Crippen molar-refractivity contribution in [2.45, 2.75) is 12.8 Å². The summed E-state index contributed by atoms with van der Waals surface area (Å²) in [5.41, 5.74) is -0.136. The monoisotopic (exact) mass is 288 g/mol. The van der Waals surface area contributed by atoms with Crippen molar-refractivity contribution in [2.24, 2.45) is 11.8 Å². The number of allylic oxidation sites excluding steroid dienone is 6. The normalized spacial score (nSPS) is 28.3. The highest BCUT2D eigenvalue weighted by Crippen LogP contribution is 2.42. The van der Waals surface area contributed by atoms with E-state index in [0.717, 1.165) is 6.08 Å². The molecule has 1 fully saturated rings. The van der Waals surface area contributed by atoms with Crippen molar-refractivity contribution >= 4 is 17.5 Å². The number of aliphatic hydroxyl groups excluding tert-OH is 2. The van der Waals surface area contributed by atoms with Crippen LogP contribution in [0.3, 0.4) is 0 Å². The fourth-order valence-electron chi connectivity index (χ4n) is 3.00. The van der Waals surface area contributed by atoms with Crippen LogP contribution in [0.25, 0.3) is 0 Å². The summed E-state index contributed by atoms with van der Waals surface area (Å²) in [4.78, 5) is 35.9. The minimum absolute atomic E-state index is 0.0420. The number of ketones is 2. The average molecular weight is 288 g/mol. The maximum atomic E-state index is 12.5. The van der Waals surface area contributed by atoms with Crippen molar-refractivity contribution in [3.63, 3.8) is 0 Å². The van der Waals surface area contributed by atoms with Crippen LogP contribution in [-0.2, 0) is 14.4 Å². The molecule has 0 aromatic carbocycles. The lowest BCUT2D eigenvalue weighted by molar-refractivity contribution is -0.133. The van der Waals surface area contributed by atoms with Gasteiger partial charge in [-0.15, -0.1) is 0 Å². The van der Waals surface area contributed by atoms with Crippen LogP contribution < -0.4 is 0 Å². The van der Waals surface area contributed by atoms with Crippen molar-refractivity contribution in [3.8, 4) is 0 Å². The van der Waals surface area contributed by atoms with Crippen molar-refractivity contribution in [3.05, 3.63) is 46.5 Å². The van der Waals surface area contributed by atoms with Gasteiger partial charge in [-0.1, -0.05) is 12.2 Å². The number of carbonyl (C=O) groups excluding carboxylic acids is 2. The summed E-state index contributed by atoms with van der Waals surface area (Å²) in [5, 5.41) is 28.8. The predicted molar refractivity (Wildman–Crippen MR) is 70.4 cm³/mol. The summed E-state index contributed by atoms with van der Waals surface area (Å²) < 4.78 is 0. The number of Topliss-reactive ketones (excluding diaryl/α,β-unsaturated/α-hetero) is 2. The SMILES string of the molecule is O=C(O)C1=CC2C(=O)C3=CCCC(O)=C3C(=O)C2C(O)=C1. The molecule has 0 radical (unpaired) electrons. The molecule has 0 amide bonds. The van der Waals surface area contributed by atoms with Gasteiger partial charge in [0.2, 0.25) is 0 Å². The molecular weight excluding hydrogens is 276 g/mol. The molecule has 0 heterocycles. The van der Waals surface area contributed by atoms with E-state index in [1.54, 1.807) is 6.08 Å². The minimum atomic E-state index is -1.28. The van der Waals surface area contributed by atoms with Gasteiger partial charge in [-0.2, -0.15) is 0 Å². The maximum Gasteiger partial charge on any atom is 0.335 e. The van der Waals surface area contributed by atoms with Gasteiger partial charge in [-0.3, -0.25) is 9.59 Å². The Morgan fingerprint density at radius 1 is 1.19 bits per heavy atom. The molecule has 3 aliphatic carbocycles. The number of rotatable bonds is 1. The highest BCUT2D eigenvalue weighted by molar-refractivity contribution is 6.21. The fraction of sp³-hybridized carbons (Fsp3) is 0.267. The lowest BCUT2D eigenvalue weighted by Gasteiger charge is -2.33. The van der Waals surface area contributed by atoms with E-state index < -0.39 is 35.1 Å². The summed E-state index contributed by atoms with van der Waals surface area (Å²) in [5.74, 6) is -5.05. The molecule has 0 bridgehead atoms. The largest absolute Gasteiger partial charge is 0.512 e. The van der Waals surface area contributed by atoms with E-state index in [2.05, 4.69) is 0 Å². The molecular formula is C15H12O6. The van der Waals surface area contributed by atoms with Gasteiger partial charge in [0.25, 0.3) is 0 Å². The van der Waals surface area contributed by atoms with E-state index in [9.17, 15) is 24.6 Å². The van der Waals surface area contributed by atoms with Crippen molar-refractivity contribution in [1.82, 2.24) is 0 Å². The van der Waals surface area contributed by atoms with E-state index >= 15 is 0 Å². The zero-order chi connectivity index (χ0) is 15.3. The second kappa shape index (κ2) is 4.44. The van der Waals surface area contributed by atoms with Gasteiger partial charge in [-0.05, 0) is 12.5 Å². The number of aliphatic carboxylic acids is 1. The molecule has 2 atom stereocenters. The van der Waals surface area contributed by atoms with E-state index in [-0.39, 0.29) is 28.9 Å². The first kappa shape index (κ1) is 13.4. The van der Waals surface area contributed by atoms with Gasteiger partial charge in [0, 0.05) is 12.0 Å². The molecule has 0 saturated heterocycles. The summed E-state index contributed by atoms with van der Waals surface area (Å²) in [6.45, 7) is 0. The van der Waals surface area contributed by atoms with E-state index in [1.807, 2.05) is 0 Å². The topological polar surface area (TPSA) is 112 Å². The van der Waals surface area contributed by atoms with Crippen molar-refractivity contribution in [2.75, 3.05) is 0 Å². The lowest BCUT2D eigenvalue weighted by atomic mass is 9.67. The Kier molecular flexibility index (Phi) is 2.83. The smallest absolute Gasteiger partial charge is 0.335 e. The van der Waals surface area contributed by atoms with Crippen LogP contribution in [0.1, 0.15) is 12.8 Å². The van der Waals surface area contributed by atoms with Crippen LogP contribution >= 0.6 is 0 Å². The second-order valence-corrected chi connectivity index (χ2v) is 5.21. The molecule has 3 N–H and O–H groups in total. The first-order valence-electron chi connectivity index (χ1n) is 6.48. The summed E-state index contributed by atoms with van der Waals surface area (Å²) in [6, 6.07) is 0. The molecule has 6 nitrogen and oxygen atoms in total. The van der Waals surface area contributed by atoms with Gasteiger partial charge < -0.3 is 15.3 Å². The number of hydrogen-bond acceptors (Lipinski definition) is 5. The maximum absolute atomic E-state index is 12.5. The Labute approximate surface area is 119 Å². The zero-order valence-electron chi connectivity index (χ0n) is 10.9. The highest BCUT2D eigenvalue weighted by atomic mass is 16.4. The molecule has 2 unspecified atom stereocenters. The van der Waals surface area contributed by atoms with Gasteiger partial charge in [0.15, 0.2) is 11.6 Å². The fourth-order valence-corrected chi connectivity index (χ4v) is 3.00. The van der Waals surface area contributed by atoms with E-state index in [0.29, 0.717) is 6.42 Å². The first-order chi connectivity index (χ1) is 9.91. The quantitative estimate of drug-likeness (QED) is 0.671. The van der Waals surface area contributed by atoms with Gasteiger partial charge in [-0.25, -0.2) is 4.79 Å². The summed E-state index contributed by atoms with van der Waals surface area (Å²) in [6.07, 6.45) is 4.46. The molecule has 21 heavy (non-hydrogen) atoms. The van der Waals surface area contributed by atoms with Crippen LogP contribution in [-0.4, -0.2) is 32.9 Å². The lowest BCUT2D eigenvalue weighted by Crippen LogP contribution is -2.41. The molecule has 3 rings (SSSR count). The zero-order valence-corrected chi connectivity index (χ0v) is 10.9. The van der Waals surface area contributed by atoms with Gasteiger partial charge in [0.05, 0.1) is 23.0 Å². The molecule has 3 aliphatic rings.